The van der Waals surface area contributed by atoms with Crippen molar-refractivity contribution in [2.24, 2.45) is 0 Å². The highest BCUT2D eigenvalue weighted by molar-refractivity contribution is 7.88. The number of para-hydroxylation sites is 1. The Morgan fingerprint density at radius 2 is 1.62 bits per heavy atom. The highest BCUT2D eigenvalue weighted by Crippen LogP contribution is 2.22. The van der Waals surface area contributed by atoms with E-state index in [4.69, 9.17) is 4.74 Å². The molecule has 0 radical (unpaired) electrons. The van der Waals surface area contributed by atoms with Gasteiger partial charge in [0.05, 0.1) is 12.3 Å². The molecular weight excluding hydrogens is 352 g/mol. The summed E-state index contributed by atoms with van der Waals surface area (Å²) in [5.41, 5.74) is 0.606. The molecule has 0 bridgehead atoms. The highest BCUT2D eigenvalue weighted by atomic mass is 32.2. The smallest absolute Gasteiger partial charge is 0.243 e. The van der Waals surface area contributed by atoms with Crippen molar-refractivity contribution >= 4 is 15.9 Å². The van der Waals surface area contributed by atoms with Crippen molar-refractivity contribution in [3.8, 4) is 5.75 Å². The van der Waals surface area contributed by atoms with E-state index in [0.717, 1.165) is 10.6 Å². The van der Waals surface area contributed by atoms with E-state index >= 15 is 0 Å². The molecule has 0 aliphatic carbocycles. The molecule has 1 amide bonds. The van der Waals surface area contributed by atoms with Gasteiger partial charge in [-0.2, -0.15) is 4.31 Å². The van der Waals surface area contributed by atoms with Gasteiger partial charge in [0, 0.05) is 7.05 Å². The molecule has 0 heterocycles. The third-order valence-electron chi connectivity index (χ3n) is 3.88. The summed E-state index contributed by atoms with van der Waals surface area (Å²) in [5.74, 6) is 0.315. The average Bonchev–Trinajstić information content (AvgIpc) is 2.61. The summed E-state index contributed by atoms with van der Waals surface area (Å²) in [7, 11) is -2.14. The molecule has 0 saturated heterocycles. The van der Waals surface area contributed by atoms with Crippen molar-refractivity contribution < 1.29 is 17.9 Å². The molecule has 7 heteroatoms. The van der Waals surface area contributed by atoms with Crippen LogP contribution in [0.15, 0.2) is 60.7 Å². The summed E-state index contributed by atoms with van der Waals surface area (Å²) in [5, 5.41) is 2.83. The number of nitrogens with one attached hydrogen (secondary N) is 1. The van der Waals surface area contributed by atoms with Gasteiger partial charge >= 0.3 is 0 Å². The van der Waals surface area contributed by atoms with Crippen LogP contribution in [0, 0.1) is 0 Å². The summed E-state index contributed by atoms with van der Waals surface area (Å²) in [6, 6.07) is 16.9. The number of benzene rings is 2. The second kappa shape index (κ2) is 8.82. The van der Waals surface area contributed by atoms with E-state index in [1.807, 2.05) is 43.3 Å². The maximum atomic E-state index is 12.8. The molecule has 0 spiro atoms. The number of sulfonamides is 1. The molecular formula is C19H24N2O4S. The van der Waals surface area contributed by atoms with Crippen molar-refractivity contribution in [1.82, 2.24) is 9.62 Å². The summed E-state index contributed by atoms with van der Waals surface area (Å²) in [4.78, 5) is 12.8. The molecule has 2 atom stereocenters. The Morgan fingerprint density at radius 1 is 1.08 bits per heavy atom. The lowest BCUT2D eigenvalue weighted by molar-refractivity contribution is -0.125. The van der Waals surface area contributed by atoms with E-state index in [0.29, 0.717) is 11.3 Å². The Balaban J connectivity index is 2.08. The van der Waals surface area contributed by atoms with Crippen LogP contribution in [0.2, 0.25) is 0 Å². The highest BCUT2D eigenvalue weighted by Gasteiger charge is 2.31. The zero-order valence-corrected chi connectivity index (χ0v) is 15.9. The number of nitrogens with zero attached hydrogens (tertiary/aromatic N) is 1. The largest absolute Gasteiger partial charge is 0.491 e. The maximum absolute atomic E-state index is 12.8. The lowest BCUT2D eigenvalue weighted by Gasteiger charge is -2.27. The Morgan fingerprint density at radius 3 is 2.15 bits per heavy atom. The first kappa shape index (κ1) is 19.9. The second-order valence-electron chi connectivity index (χ2n) is 6.13. The van der Waals surface area contributed by atoms with Gasteiger partial charge in [-0.25, -0.2) is 8.42 Å². The summed E-state index contributed by atoms with van der Waals surface area (Å²) in [6.07, 6.45) is 1.08. The normalized spacial score (nSPS) is 13.8. The lowest BCUT2D eigenvalue weighted by Crippen LogP contribution is -2.45. The molecule has 0 aromatic heterocycles. The molecule has 140 valence electrons. The number of hydrogen-bond acceptors (Lipinski definition) is 4. The van der Waals surface area contributed by atoms with Crippen molar-refractivity contribution in [1.29, 1.82) is 0 Å². The standard InChI is InChI=1S/C19H24N2O4S/c1-15(14-25-17-12-8-5-9-13-17)20-19(22)18(21(2)26(3,23)24)16-10-6-4-7-11-16/h4-13,15,18H,14H2,1-3H3,(H,20,22)/t15-,18-/m0/s1. The van der Waals surface area contributed by atoms with E-state index in [1.54, 1.807) is 24.3 Å². The molecule has 0 saturated carbocycles. The van der Waals surface area contributed by atoms with Gasteiger partial charge in [-0.15, -0.1) is 0 Å². The van der Waals surface area contributed by atoms with Crippen LogP contribution in [0.5, 0.6) is 5.75 Å². The molecule has 0 fully saturated rings. The fourth-order valence-electron chi connectivity index (χ4n) is 2.45. The Hall–Kier alpha value is -2.38. The SMILES string of the molecule is C[C@@H](COc1ccccc1)NC(=O)[C@H](c1ccccc1)N(C)S(C)(=O)=O. The molecule has 2 aromatic carbocycles. The van der Waals surface area contributed by atoms with Crippen molar-refractivity contribution in [2.45, 2.75) is 19.0 Å². The Kier molecular flexibility index (Phi) is 6.76. The van der Waals surface area contributed by atoms with E-state index in [2.05, 4.69) is 5.32 Å². The van der Waals surface area contributed by atoms with Crippen molar-refractivity contribution in [3.05, 3.63) is 66.2 Å². The molecule has 6 nitrogen and oxygen atoms in total. The third kappa shape index (κ3) is 5.57. The second-order valence-corrected chi connectivity index (χ2v) is 8.17. The number of rotatable bonds is 8. The average molecular weight is 376 g/mol. The zero-order valence-electron chi connectivity index (χ0n) is 15.1. The van der Waals surface area contributed by atoms with Crippen LogP contribution >= 0.6 is 0 Å². The number of hydrogen-bond donors (Lipinski definition) is 1. The molecule has 0 aliphatic rings. The van der Waals surface area contributed by atoms with Gasteiger partial charge in [0.15, 0.2) is 0 Å². The number of ether oxygens (including phenoxy) is 1. The van der Waals surface area contributed by atoms with Gasteiger partial charge in [0.25, 0.3) is 0 Å². The van der Waals surface area contributed by atoms with Gasteiger partial charge in [0.2, 0.25) is 15.9 Å². The molecule has 0 unspecified atom stereocenters. The lowest BCUT2D eigenvalue weighted by atomic mass is 10.1. The minimum Gasteiger partial charge on any atom is -0.491 e. The van der Waals surface area contributed by atoms with Crippen LogP contribution in [-0.2, 0) is 14.8 Å². The van der Waals surface area contributed by atoms with Gasteiger partial charge < -0.3 is 10.1 Å². The third-order valence-corrected chi connectivity index (χ3v) is 5.14. The molecule has 2 rings (SSSR count). The van der Waals surface area contributed by atoms with Crippen LogP contribution in [0.4, 0.5) is 0 Å². The van der Waals surface area contributed by atoms with E-state index in [1.165, 1.54) is 7.05 Å². The first-order chi connectivity index (χ1) is 12.3. The number of amides is 1. The van der Waals surface area contributed by atoms with Gasteiger partial charge in [-0.3, -0.25) is 4.79 Å². The van der Waals surface area contributed by atoms with E-state index in [9.17, 15) is 13.2 Å². The predicted molar refractivity (Wildman–Crippen MR) is 101 cm³/mol. The van der Waals surface area contributed by atoms with Crippen LogP contribution in [-0.4, -0.2) is 44.6 Å². The zero-order chi connectivity index (χ0) is 19.2. The minimum atomic E-state index is -3.55. The summed E-state index contributed by atoms with van der Waals surface area (Å²) >= 11 is 0. The maximum Gasteiger partial charge on any atom is 0.243 e. The fourth-order valence-corrected chi connectivity index (χ4v) is 3.06. The van der Waals surface area contributed by atoms with Crippen LogP contribution in [0.1, 0.15) is 18.5 Å². The molecule has 26 heavy (non-hydrogen) atoms. The Labute approximate surface area is 154 Å². The van der Waals surface area contributed by atoms with E-state index < -0.39 is 22.0 Å². The monoisotopic (exact) mass is 376 g/mol. The quantitative estimate of drug-likeness (QED) is 0.766. The Bertz CT molecular complexity index is 810. The minimum absolute atomic E-state index is 0.278. The van der Waals surface area contributed by atoms with Crippen LogP contribution < -0.4 is 10.1 Å². The van der Waals surface area contributed by atoms with Crippen molar-refractivity contribution in [3.63, 3.8) is 0 Å². The predicted octanol–water partition coefficient (Wildman–Crippen LogP) is 2.20. The van der Waals surface area contributed by atoms with Crippen LogP contribution in [0.3, 0.4) is 0 Å². The summed E-state index contributed by atoms with van der Waals surface area (Å²) in [6.45, 7) is 2.09. The summed E-state index contributed by atoms with van der Waals surface area (Å²) < 4.78 is 30.6. The van der Waals surface area contributed by atoms with Gasteiger partial charge in [0.1, 0.15) is 18.4 Å². The first-order valence-electron chi connectivity index (χ1n) is 8.25. The van der Waals surface area contributed by atoms with Gasteiger partial charge in [-0.1, -0.05) is 48.5 Å². The topological polar surface area (TPSA) is 75.7 Å². The number of carbonyl (C=O) groups is 1. The first-order valence-corrected chi connectivity index (χ1v) is 10.1. The fraction of sp³-hybridized carbons (Fsp3) is 0.316. The molecule has 1 N–H and O–H groups in total. The van der Waals surface area contributed by atoms with E-state index in [-0.39, 0.29) is 12.6 Å². The van der Waals surface area contributed by atoms with Crippen LogP contribution in [0.25, 0.3) is 0 Å². The number of likely N-dealkylation sites (N-methyl/N-ethyl adjacent to an activating group) is 1. The molecule has 2 aromatic rings. The number of carbonyl (C=O) groups excluding carboxylic acids is 1. The molecule has 0 aliphatic heterocycles. The van der Waals surface area contributed by atoms with Crippen molar-refractivity contribution in [2.75, 3.05) is 19.9 Å². The van der Waals surface area contributed by atoms with Gasteiger partial charge in [-0.05, 0) is 24.6 Å².